The minimum absolute atomic E-state index is 1.36. The predicted octanol–water partition coefficient (Wildman–Crippen LogP) is 1.23. The summed E-state index contributed by atoms with van der Waals surface area (Å²) in [6, 6.07) is 1.38. The van der Waals surface area contributed by atoms with E-state index in [9.17, 15) is 0 Å². The molecule has 37 valence electrons. The molecule has 0 aliphatic heterocycles. The van der Waals surface area contributed by atoms with Gasteiger partial charge in [-0.2, -0.15) is 0 Å². The van der Waals surface area contributed by atoms with Crippen molar-refractivity contribution in [2.75, 3.05) is 0 Å². The Morgan fingerprint density at radius 2 is 2.00 bits per heavy atom. The third-order valence-corrected chi connectivity index (χ3v) is 1.35. The van der Waals surface area contributed by atoms with Gasteiger partial charge in [0, 0.05) is 10.2 Å². The number of rotatable bonds is 3. The largest absolute Gasteiger partial charge is 0.0654 e. The summed E-state index contributed by atoms with van der Waals surface area (Å²) in [5, 5.41) is 0. The van der Waals surface area contributed by atoms with Crippen molar-refractivity contribution in [3.05, 3.63) is 0 Å². The average Bonchev–Trinajstić information content (AvgIpc) is 1.61. The molecule has 0 amide bonds. The molecule has 0 unspecified atom stereocenters. The van der Waals surface area contributed by atoms with Crippen molar-refractivity contribution >= 4 is 10.2 Å². The third kappa shape index (κ3) is 4.22. The van der Waals surface area contributed by atoms with Crippen molar-refractivity contribution < 1.29 is 0 Å². The van der Waals surface area contributed by atoms with Crippen LogP contribution in [0.15, 0.2) is 0 Å². The fourth-order valence-electron chi connectivity index (χ4n) is 0.427. The van der Waals surface area contributed by atoms with Gasteiger partial charge in [-0.3, -0.25) is 0 Å². The Morgan fingerprint density at radius 3 is 2.17 bits per heavy atom. The van der Waals surface area contributed by atoms with E-state index in [2.05, 4.69) is 17.2 Å². The zero-order valence-electron chi connectivity index (χ0n) is 4.54. The molecule has 0 aromatic carbocycles. The van der Waals surface area contributed by atoms with Crippen LogP contribution in [0.1, 0.15) is 26.2 Å². The second-order valence-corrected chi connectivity index (χ2v) is 2.27. The summed E-state index contributed by atoms with van der Waals surface area (Å²) in [5.74, 6) is 0. The van der Waals surface area contributed by atoms with Crippen LogP contribution in [0.25, 0.3) is 0 Å². The normalized spacial score (nSPS) is 9.00. The molecule has 0 rings (SSSR count). The molecule has 1 radical (unpaired) electrons. The molecular weight excluding hydrogens is 88.1 g/mol. The van der Waals surface area contributed by atoms with E-state index in [1.165, 1.54) is 25.3 Å². The average molecular weight is 101 g/mol. The van der Waals surface area contributed by atoms with Gasteiger partial charge in [0.15, 0.2) is 0 Å². The highest BCUT2D eigenvalue weighted by Gasteiger charge is 1.75. The summed E-state index contributed by atoms with van der Waals surface area (Å²) in [4.78, 5) is 0. The lowest BCUT2D eigenvalue weighted by atomic mass is 10.3. The zero-order chi connectivity index (χ0) is 4.83. The number of unbranched alkanes of at least 4 members (excludes halogenated alkanes) is 2. The van der Waals surface area contributed by atoms with Gasteiger partial charge in [-0.25, -0.2) is 0 Å². The van der Waals surface area contributed by atoms with Crippen molar-refractivity contribution in [3.63, 3.8) is 0 Å². The minimum atomic E-state index is 1.36. The lowest BCUT2D eigenvalue weighted by Crippen LogP contribution is -1.69. The molecule has 0 aliphatic rings. The van der Waals surface area contributed by atoms with Crippen LogP contribution in [-0.2, 0) is 0 Å². The smallest absolute Gasteiger partial charge is 0.00797 e. The standard InChI is InChI=1S/C5H13Si/c1-2-3-4-5-6/h2-6H2,1H3. The Morgan fingerprint density at radius 1 is 1.33 bits per heavy atom. The SMILES string of the molecule is CCCCC[SiH2]. The van der Waals surface area contributed by atoms with Gasteiger partial charge in [-0.15, -0.1) is 0 Å². The number of hydrogen-bond donors (Lipinski definition) is 0. The maximum Gasteiger partial charge on any atom is 0.00797 e. The van der Waals surface area contributed by atoms with Gasteiger partial charge in [-0.05, 0) is 0 Å². The van der Waals surface area contributed by atoms with Gasteiger partial charge in [0.2, 0.25) is 0 Å². The summed E-state index contributed by atoms with van der Waals surface area (Å²) in [6.45, 7) is 2.23. The Labute approximate surface area is 43.4 Å². The van der Waals surface area contributed by atoms with Crippen LogP contribution in [0, 0.1) is 0 Å². The van der Waals surface area contributed by atoms with Crippen molar-refractivity contribution in [2.45, 2.75) is 32.2 Å². The monoisotopic (exact) mass is 101 g/mol. The van der Waals surface area contributed by atoms with E-state index in [0.717, 1.165) is 0 Å². The van der Waals surface area contributed by atoms with E-state index < -0.39 is 0 Å². The maximum atomic E-state index is 2.23. The second-order valence-electron chi connectivity index (χ2n) is 1.56. The van der Waals surface area contributed by atoms with Crippen LogP contribution in [0.3, 0.4) is 0 Å². The molecule has 6 heavy (non-hydrogen) atoms. The summed E-state index contributed by atoms with van der Waals surface area (Å²) >= 11 is 0. The summed E-state index contributed by atoms with van der Waals surface area (Å²) in [5.41, 5.74) is 0. The molecule has 0 aromatic rings. The molecule has 0 aromatic heterocycles. The lowest BCUT2D eigenvalue weighted by molar-refractivity contribution is 0.771. The molecule has 0 aliphatic carbocycles. The third-order valence-electron chi connectivity index (χ3n) is 0.854. The van der Waals surface area contributed by atoms with Crippen LogP contribution in [-0.4, -0.2) is 10.2 Å². The van der Waals surface area contributed by atoms with E-state index in [1.54, 1.807) is 0 Å². The van der Waals surface area contributed by atoms with Crippen LogP contribution in [0.5, 0.6) is 0 Å². The van der Waals surface area contributed by atoms with Crippen LogP contribution < -0.4 is 0 Å². The first-order chi connectivity index (χ1) is 2.91. The van der Waals surface area contributed by atoms with E-state index in [4.69, 9.17) is 0 Å². The quantitative estimate of drug-likeness (QED) is 0.370. The van der Waals surface area contributed by atoms with E-state index >= 15 is 0 Å². The molecule has 0 saturated heterocycles. The molecule has 0 heterocycles. The molecular formula is C5H13Si. The first-order valence-corrected chi connectivity index (χ1v) is 3.71. The minimum Gasteiger partial charge on any atom is -0.0654 e. The molecule has 1 heteroatoms. The molecule has 0 spiro atoms. The molecule has 0 N–H and O–H groups in total. The Kier molecular flexibility index (Phi) is 5.41. The van der Waals surface area contributed by atoms with Gasteiger partial charge in [-0.1, -0.05) is 32.2 Å². The van der Waals surface area contributed by atoms with E-state index in [-0.39, 0.29) is 0 Å². The zero-order valence-corrected chi connectivity index (χ0v) is 5.95. The fraction of sp³-hybridized carbons (Fsp3) is 1.00. The summed E-state index contributed by atoms with van der Waals surface area (Å²) in [7, 11) is 2.07. The first-order valence-electron chi connectivity index (χ1n) is 2.71. The molecule has 0 atom stereocenters. The van der Waals surface area contributed by atoms with E-state index in [0.29, 0.717) is 0 Å². The topological polar surface area (TPSA) is 0 Å². The Balaban J connectivity index is 2.34. The summed E-state index contributed by atoms with van der Waals surface area (Å²) < 4.78 is 0. The Hall–Kier alpha value is 0.217. The highest BCUT2D eigenvalue weighted by Crippen LogP contribution is 1.94. The fourth-order valence-corrected chi connectivity index (χ4v) is 0.780. The van der Waals surface area contributed by atoms with Crippen molar-refractivity contribution in [1.82, 2.24) is 0 Å². The van der Waals surface area contributed by atoms with Gasteiger partial charge < -0.3 is 0 Å². The maximum absolute atomic E-state index is 2.23. The molecule has 0 bridgehead atoms. The van der Waals surface area contributed by atoms with Crippen LogP contribution in [0.4, 0.5) is 0 Å². The highest BCUT2D eigenvalue weighted by molar-refractivity contribution is 6.08. The predicted molar refractivity (Wildman–Crippen MR) is 32.9 cm³/mol. The van der Waals surface area contributed by atoms with Crippen molar-refractivity contribution in [1.29, 1.82) is 0 Å². The molecule has 0 fully saturated rings. The Bertz CT molecular complexity index is 15.9. The number of hydrogen-bond acceptors (Lipinski definition) is 0. The molecule has 0 saturated carbocycles. The summed E-state index contributed by atoms with van der Waals surface area (Å²) in [6.07, 6.45) is 4.21. The van der Waals surface area contributed by atoms with Crippen molar-refractivity contribution in [3.8, 4) is 0 Å². The van der Waals surface area contributed by atoms with Gasteiger partial charge in [0.25, 0.3) is 0 Å². The highest BCUT2D eigenvalue weighted by atomic mass is 28.1. The lowest BCUT2D eigenvalue weighted by Gasteiger charge is -1.86. The second kappa shape index (κ2) is 5.22. The van der Waals surface area contributed by atoms with Gasteiger partial charge >= 0.3 is 0 Å². The van der Waals surface area contributed by atoms with E-state index in [1.807, 2.05) is 0 Å². The molecule has 0 nitrogen and oxygen atoms in total. The van der Waals surface area contributed by atoms with Crippen LogP contribution >= 0.6 is 0 Å². The van der Waals surface area contributed by atoms with Gasteiger partial charge in [0.1, 0.15) is 0 Å². The van der Waals surface area contributed by atoms with Crippen LogP contribution in [0.2, 0.25) is 6.04 Å². The first kappa shape index (κ1) is 6.22. The van der Waals surface area contributed by atoms with Crippen molar-refractivity contribution in [2.24, 2.45) is 0 Å². The van der Waals surface area contributed by atoms with Gasteiger partial charge in [0.05, 0.1) is 0 Å².